The van der Waals surface area contributed by atoms with Gasteiger partial charge in [0.15, 0.2) is 0 Å². The van der Waals surface area contributed by atoms with Gasteiger partial charge in [0.25, 0.3) is 0 Å². The van der Waals surface area contributed by atoms with Crippen molar-refractivity contribution in [2.24, 2.45) is 0 Å². The Morgan fingerprint density at radius 2 is 1.89 bits per heavy atom. The van der Waals surface area contributed by atoms with Crippen LogP contribution in [0, 0.1) is 0 Å². The topological polar surface area (TPSA) is 32.8 Å². The fourth-order valence-electron chi connectivity index (χ4n) is 2.24. The molecule has 0 radical (unpaired) electrons. The lowest BCUT2D eigenvalue weighted by Gasteiger charge is -2.35. The minimum Gasteiger partial charge on any atom is -0.469 e. The molecule has 1 fully saturated rings. The second kappa shape index (κ2) is 5.87. The highest BCUT2D eigenvalue weighted by Crippen LogP contribution is 2.22. The second-order valence-corrected chi connectivity index (χ2v) is 4.67. The maximum atomic E-state index is 11.4. The number of hydrogen-bond acceptors (Lipinski definition) is 4. The van der Waals surface area contributed by atoms with Crippen LogP contribution in [0.5, 0.6) is 0 Å². The Kier molecular flexibility index (Phi) is 4.20. The third-order valence-corrected chi connectivity index (χ3v) is 3.40. The Labute approximate surface area is 108 Å². The van der Waals surface area contributed by atoms with Crippen LogP contribution in [0.2, 0.25) is 0 Å². The van der Waals surface area contributed by atoms with Crippen molar-refractivity contribution in [1.29, 1.82) is 0 Å². The molecule has 1 aliphatic rings. The number of likely N-dealkylation sites (N-methyl/N-ethyl adjacent to an activating group) is 1. The van der Waals surface area contributed by atoms with Crippen LogP contribution in [0.3, 0.4) is 0 Å². The standard InChI is InChI=1S/C14H20N2O2/c1-15-7-9-16(10-8-15)13-6-4-3-5-12(13)11-14(17)18-2/h3-6H,7-11H2,1-2H3. The van der Waals surface area contributed by atoms with Gasteiger partial charge < -0.3 is 14.5 Å². The molecule has 0 atom stereocenters. The highest BCUT2D eigenvalue weighted by Gasteiger charge is 2.17. The molecule has 1 aromatic rings. The van der Waals surface area contributed by atoms with Crippen LogP contribution >= 0.6 is 0 Å². The molecule has 0 unspecified atom stereocenters. The molecule has 0 amide bonds. The van der Waals surface area contributed by atoms with Crippen molar-refractivity contribution < 1.29 is 9.53 Å². The molecule has 4 nitrogen and oxygen atoms in total. The van der Waals surface area contributed by atoms with Gasteiger partial charge in [0.1, 0.15) is 0 Å². The summed E-state index contributed by atoms with van der Waals surface area (Å²) in [5.41, 5.74) is 2.21. The first kappa shape index (κ1) is 12.9. The maximum Gasteiger partial charge on any atom is 0.310 e. The summed E-state index contributed by atoms with van der Waals surface area (Å²) in [6.45, 7) is 4.14. The predicted octanol–water partition coefficient (Wildman–Crippen LogP) is 1.15. The third-order valence-electron chi connectivity index (χ3n) is 3.40. The Morgan fingerprint density at radius 1 is 1.22 bits per heavy atom. The number of para-hydroxylation sites is 1. The molecular formula is C14H20N2O2. The average molecular weight is 248 g/mol. The molecule has 0 bridgehead atoms. The molecule has 1 saturated heterocycles. The predicted molar refractivity (Wildman–Crippen MR) is 71.9 cm³/mol. The number of benzene rings is 1. The SMILES string of the molecule is COC(=O)Cc1ccccc1N1CCN(C)CC1. The van der Waals surface area contributed by atoms with Gasteiger partial charge in [-0.3, -0.25) is 4.79 Å². The van der Waals surface area contributed by atoms with Gasteiger partial charge in [-0.15, -0.1) is 0 Å². The lowest BCUT2D eigenvalue weighted by molar-refractivity contribution is -0.139. The van der Waals surface area contributed by atoms with Crippen LogP contribution in [0.4, 0.5) is 5.69 Å². The van der Waals surface area contributed by atoms with Crippen molar-refractivity contribution in [2.75, 3.05) is 45.2 Å². The number of carbonyl (C=O) groups is 1. The van der Waals surface area contributed by atoms with Crippen LogP contribution in [0.25, 0.3) is 0 Å². The van der Waals surface area contributed by atoms with E-state index >= 15 is 0 Å². The summed E-state index contributed by atoms with van der Waals surface area (Å²) in [5, 5.41) is 0. The summed E-state index contributed by atoms with van der Waals surface area (Å²) in [6, 6.07) is 8.08. The van der Waals surface area contributed by atoms with Gasteiger partial charge in [0.05, 0.1) is 13.5 Å². The minimum absolute atomic E-state index is 0.184. The molecule has 4 heteroatoms. The van der Waals surface area contributed by atoms with E-state index in [1.54, 1.807) is 0 Å². The van der Waals surface area contributed by atoms with Crippen LogP contribution in [-0.4, -0.2) is 51.2 Å². The molecule has 1 heterocycles. The van der Waals surface area contributed by atoms with E-state index in [1.165, 1.54) is 7.11 Å². The molecule has 0 N–H and O–H groups in total. The van der Waals surface area contributed by atoms with Gasteiger partial charge in [-0.25, -0.2) is 0 Å². The third kappa shape index (κ3) is 3.01. The molecule has 0 saturated carbocycles. The van der Waals surface area contributed by atoms with Gasteiger partial charge in [0, 0.05) is 31.9 Å². The Morgan fingerprint density at radius 3 is 2.56 bits per heavy atom. The molecule has 18 heavy (non-hydrogen) atoms. The zero-order chi connectivity index (χ0) is 13.0. The van der Waals surface area contributed by atoms with Crippen LogP contribution in [0.15, 0.2) is 24.3 Å². The number of hydrogen-bond donors (Lipinski definition) is 0. The lowest BCUT2D eigenvalue weighted by atomic mass is 10.1. The fourth-order valence-corrected chi connectivity index (χ4v) is 2.24. The van der Waals surface area contributed by atoms with Gasteiger partial charge in [0.2, 0.25) is 0 Å². The van der Waals surface area contributed by atoms with E-state index in [0.29, 0.717) is 6.42 Å². The molecule has 0 aromatic heterocycles. The van der Waals surface area contributed by atoms with E-state index in [-0.39, 0.29) is 5.97 Å². The van der Waals surface area contributed by atoms with E-state index in [1.807, 2.05) is 18.2 Å². The maximum absolute atomic E-state index is 11.4. The highest BCUT2D eigenvalue weighted by molar-refractivity contribution is 5.75. The van der Waals surface area contributed by atoms with Crippen molar-refractivity contribution in [2.45, 2.75) is 6.42 Å². The van der Waals surface area contributed by atoms with Gasteiger partial charge in [-0.05, 0) is 18.7 Å². The van der Waals surface area contributed by atoms with Crippen molar-refractivity contribution in [3.63, 3.8) is 0 Å². The largest absolute Gasteiger partial charge is 0.469 e. The number of nitrogens with zero attached hydrogens (tertiary/aromatic N) is 2. The number of rotatable bonds is 3. The monoisotopic (exact) mass is 248 g/mol. The zero-order valence-corrected chi connectivity index (χ0v) is 11.1. The van der Waals surface area contributed by atoms with Crippen molar-refractivity contribution >= 4 is 11.7 Å². The minimum atomic E-state index is -0.184. The van der Waals surface area contributed by atoms with Gasteiger partial charge >= 0.3 is 5.97 Å². The molecule has 0 aliphatic carbocycles. The number of esters is 1. The molecule has 98 valence electrons. The first-order chi connectivity index (χ1) is 8.70. The summed E-state index contributed by atoms with van der Waals surface area (Å²) in [4.78, 5) is 16.1. The number of piperazine rings is 1. The van der Waals surface area contributed by atoms with E-state index in [4.69, 9.17) is 4.74 Å². The fraction of sp³-hybridized carbons (Fsp3) is 0.500. The van der Waals surface area contributed by atoms with E-state index in [0.717, 1.165) is 37.4 Å². The first-order valence-corrected chi connectivity index (χ1v) is 6.29. The second-order valence-electron chi connectivity index (χ2n) is 4.67. The highest BCUT2D eigenvalue weighted by atomic mass is 16.5. The summed E-state index contributed by atoms with van der Waals surface area (Å²) >= 11 is 0. The number of carbonyl (C=O) groups excluding carboxylic acids is 1. The van der Waals surface area contributed by atoms with E-state index < -0.39 is 0 Å². The first-order valence-electron chi connectivity index (χ1n) is 6.29. The van der Waals surface area contributed by atoms with Crippen LogP contribution in [0.1, 0.15) is 5.56 Å². The number of anilines is 1. The lowest BCUT2D eigenvalue weighted by Crippen LogP contribution is -2.44. The molecule has 1 aromatic carbocycles. The van der Waals surface area contributed by atoms with E-state index in [2.05, 4.69) is 22.9 Å². The van der Waals surface area contributed by atoms with E-state index in [9.17, 15) is 4.79 Å². The summed E-state index contributed by atoms with van der Waals surface area (Å²) in [6.07, 6.45) is 0.346. The van der Waals surface area contributed by atoms with Gasteiger partial charge in [-0.1, -0.05) is 18.2 Å². The van der Waals surface area contributed by atoms with Crippen LogP contribution in [-0.2, 0) is 16.0 Å². The van der Waals surface area contributed by atoms with Crippen molar-refractivity contribution in [1.82, 2.24) is 4.90 Å². The van der Waals surface area contributed by atoms with Crippen LogP contribution < -0.4 is 4.90 Å². The van der Waals surface area contributed by atoms with Crippen molar-refractivity contribution in [3.05, 3.63) is 29.8 Å². The quantitative estimate of drug-likeness (QED) is 0.751. The Hall–Kier alpha value is -1.55. The smallest absolute Gasteiger partial charge is 0.310 e. The molecule has 2 rings (SSSR count). The summed E-state index contributed by atoms with van der Waals surface area (Å²) in [7, 11) is 3.57. The summed E-state index contributed by atoms with van der Waals surface area (Å²) in [5.74, 6) is -0.184. The Bertz CT molecular complexity index is 412. The number of ether oxygens (including phenoxy) is 1. The zero-order valence-electron chi connectivity index (χ0n) is 11.1. The molecule has 1 aliphatic heterocycles. The molecular weight excluding hydrogens is 228 g/mol. The average Bonchev–Trinajstić information content (AvgIpc) is 2.40. The number of methoxy groups -OCH3 is 1. The van der Waals surface area contributed by atoms with Crippen molar-refractivity contribution in [3.8, 4) is 0 Å². The Balaban J connectivity index is 2.14. The summed E-state index contributed by atoms with van der Waals surface area (Å²) < 4.78 is 4.75. The van der Waals surface area contributed by atoms with Gasteiger partial charge in [-0.2, -0.15) is 0 Å². The molecule has 0 spiro atoms. The normalized spacial score (nSPS) is 16.7.